The van der Waals surface area contributed by atoms with Gasteiger partial charge in [0.05, 0.1) is 11.9 Å². The third kappa shape index (κ3) is 2.02. The van der Waals surface area contributed by atoms with Crippen LogP contribution in [0.5, 0.6) is 0 Å². The number of sulfonamides is 1. The van der Waals surface area contributed by atoms with E-state index in [1.165, 1.54) is 16.6 Å². The average Bonchev–Trinajstić information content (AvgIpc) is 2.63. The van der Waals surface area contributed by atoms with Crippen molar-refractivity contribution >= 4 is 15.7 Å². The lowest BCUT2D eigenvalue weighted by atomic mass is 9.75. The van der Waals surface area contributed by atoms with Crippen LogP contribution in [0.2, 0.25) is 0 Å². The van der Waals surface area contributed by atoms with Crippen LogP contribution in [0.15, 0.2) is 18.2 Å². The van der Waals surface area contributed by atoms with E-state index < -0.39 is 10.0 Å². The minimum atomic E-state index is -3.13. The Kier molecular flexibility index (Phi) is 3.06. The largest absolute Gasteiger partial charge is 0.371 e. The molecule has 0 aromatic heterocycles. The zero-order chi connectivity index (χ0) is 14.5. The second kappa shape index (κ2) is 4.43. The Labute approximate surface area is 119 Å². The highest BCUT2D eigenvalue weighted by molar-refractivity contribution is 7.88. The summed E-state index contributed by atoms with van der Waals surface area (Å²) in [5.74, 6) is -0.188. The van der Waals surface area contributed by atoms with E-state index in [2.05, 4.69) is 0 Å². The minimum absolute atomic E-state index is 0.104. The van der Waals surface area contributed by atoms with E-state index in [-0.39, 0.29) is 11.2 Å². The molecule has 110 valence electrons. The van der Waals surface area contributed by atoms with E-state index in [1.54, 1.807) is 6.07 Å². The van der Waals surface area contributed by atoms with Gasteiger partial charge in [0.25, 0.3) is 0 Å². The summed E-state index contributed by atoms with van der Waals surface area (Å²) in [4.78, 5) is 1.96. The standard InChI is InChI=1S/C14H19FN2O2S/c1-16-10-14(11-4-3-5-12(15)13(11)16)6-8-17(9-7-14)20(2,18)19/h3-5H,6-10H2,1-2H3. The summed E-state index contributed by atoms with van der Waals surface area (Å²) in [5, 5.41) is 0. The van der Waals surface area contributed by atoms with Crippen LogP contribution in [0.25, 0.3) is 0 Å². The van der Waals surface area contributed by atoms with Crippen LogP contribution in [0.1, 0.15) is 18.4 Å². The highest BCUT2D eigenvalue weighted by Gasteiger charge is 2.45. The van der Waals surface area contributed by atoms with Crippen LogP contribution in [0.3, 0.4) is 0 Å². The first-order valence-electron chi connectivity index (χ1n) is 6.79. The van der Waals surface area contributed by atoms with E-state index in [0.29, 0.717) is 18.8 Å². The molecule has 2 aliphatic heterocycles. The fourth-order valence-corrected chi connectivity index (χ4v) is 4.47. The first kappa shape index (κ1) is 13.8. The maximum atomic E-state index is 14.0. The Morgan fingerprint density at radius 2 is 1.90 bits per heavy atom. The minimum Gasteiger partial charge on any atom is -0.371 e. The van der Waals surface area contributed by atoms with Gasteiger partial charge in [-0.1, -0.05) is 12.1 Å². The quantitative estimate of drug-likeness (QED) is 0.790. The molecule has 1 aromatic carbocycles. The fourth-order valence-electron chi connectivity index (χ4n) is 3.62. The van der Waals surface area contributed by atoms with E-state index in [0.717, 1.165) is 24.9 Å². The highest BCUT2D eigenvalue weighted by Crippen LogP contribution is 2.47. The molecule has 0 N–H and O–H groups in total. The molecule has 0 bridgehead atoms. The SMILES string of the molecule is CN1CC2(CCN(S(C)(=O)=O)CC2)c2cccc(F)c21. The number of anilines is 1. The van der Waals surface area contributed by atoms with Crippen LogP contribution in [-0.2, 0) is 15.4 Å². The summed E-state index contributed by atoms with van der Waals surface area (Å²) in [6.45, 7) is 1.80. The molecule has 3 rings (SSSR count). The summed E-state index contributed by atoms with van der Waals surface area (Å²) < 4.78 is 38.7. The number of halogens is 1. The molecule has 0 atom stereocenters. The van der Waals surface area contributed by atoms with E-state index in [1.807, 2.05) is 18.0 Å². The Bertz CT molecular complexity index is 637. The number of piperidine rings is 1. The zero-order valence-electron chi connectivity index (χ0n) is 11.8. The van der Waals surface area contributed by atoms with Gasteiger partial charge in [0.2, 0.25) is 10.0 Å². The first-order chi connectivity index (χ1) is 9.33. The smallest absolute Gasteiger partial charge is 0.211 e. The summed E-state index contributed by atoms with van der Waals surface area (Å²) in [6, 6.07) is 5.22. The number of hydrogen-bond donors (Lipinski definition) is 0. The van der Waals surface area contributed by atoms with Crippen molar-refractivity contribution in [1.82, 2.24) is 4.31 Å². The van der Waals surface area contributed by atoms with Gasteiger partial charge in [-0.05, 0) is 24.5 Å². The molecule has 1 saturated heterocycles. The van der Waals surface area contributed by atoms with Gasteiger partial charge in [0.15, 0.2) is 0 Å². The molecule has 1 spiro atoms. The van der Waals surface area contributed by atoms with Crippen molar-refractivity contribution < 1.29 is 12.8 Å². The van der Waals surface area contributed by atoms with Crippen molar-refractivity contribution in [3.05, 3.63) is 29.6 Å². The van der Waals surface area contributed by atoms with Gasteiger partial charge in [-0.3, -0.25) is 0 Å². The molecular weight excluding hydrogens is 279 g/mol. The predicted molar refractivity (Wildman–Crippen MR) is 77.0 cm³/mol. The van der Waals surface area contributed by atoms with Crippen molar-refractivity contribution in [3.8, 4) is 0 Å². The molecule has 0 saturated carbocycles. The van der Waals surface area contributed by atoms with E-state index >= 15 is 0 Å². The van der Waals surface area contributed by atoms with Crippen molar-refractivity contribution in [2.75, 3.05) is 37.8 Å². The van der Waals surface area contributed by atoms with Gasteiger partial charge in [-0.15, -0.1) is 0 Å². The Morgan fingerprint density at radius 1 is 1.25 bits per heavy atom. The highest BCUT2D eigenvalue weighted by atomic mass is 32.2. The van der Waals surface area contributed by atoms with Crippen LogP contribution < -0.4 is 4.90 Å². The summed E-state index contributed by atoms with van der Waals surface area (Å²) in [5.41, 5.74) is 1.61. The molecule has 1 aromatic rings. The number of benzene rings is 1. The number of fused-ring (bicyclic) bond motifs is 2. The molecule has 0 aliphatic carbocycles. The molecule has 6 heteroatoms. The van der Waals surface area contributed by atoms with Crippen LogP contribution in [-0.4, -0.2) is 45.7 Å². The second-order valence-corrected chi connectivity index (χ2v) is 7.92. The molecule has 2 aliphatic rings. The number of rotatable bonds is 1. The number of likely N-dealkylation sites (N-methyl/N-ethyl adjacent to an activating group) is 1. The maximum absolute atomic E-state index is 14.0. The van der Waals surface area contributed by atoms with Gasteiger partial charge in [-0.2, -0.15) is 0 Å². The molecular formula is C14H19FN2O2S. The number of para-hydroxylation sites is 1. The van der Waals surface area contributed by atoms with Crippen molar-refractivity contribution in [2.45, 2.75) is 18.3 Å². The number of hydrogen-bond acceptors (Lipinski definition) is 3. The van der Waals surface area contributed by atoms with Gasteiger partial charge < -0.3 is 4.90 Å². The molecule has 0 unspecified atom stereocenters. The lowest BCUT2D eigenvalue weighted by Gasteiger charge is -2.38. The topological polar surface area (TPSA) is 40.6 Å². The monoisotopic (exact) mass is 298 g/mol. The molecule has 20 heavy (non-hydrogen) atoms. The molecule has 2 heterocycles. The molecule has 0 radical (unpaired) electrons. The van der Waals surface area contributed by atoms with Gasteiger partial charge in [-0.25, -0.2) is 17.1 Å². The summed E-state index contributed by atoms with van der Waals surface area (Å²) in [6.07, 6.45) is 2.75. The lowest BCUT2D eigenvalue weighted by molar-refractivity contribution is 0.246. The van der Waals surface area contributed by atoms with Crippen LogP contribution in [0.4, 0.5) is 10.1 Å². The Hall–Kier alpha value is -1.14. The van der Waals surface area contributed by atoms with Crippen LogP contribution >= 0.6 is 0 Å². The van der Waals surface area contributed by atoms with Crippen molar-refractivity contribution in [2.24, 2.45) is 0 Å². The van der Waals surface area contributed by atoms with Gasteiger partial charge in [0, 0.05) is 32.1 Å². The third-order valence-electron chi connectivity index (χ3n) is 4.63. The molecule has 4 nitrogen and oxygen atoms in total. The van der Waals surface area contributed by atoms with E-state index in [4.69, 9.17) is 0 Å². The van der Waals surface area contributed by atoms with Crippen molar-refractivity contribution in [1.29, 1.82) is 0 Å². The summed E-state index contributed by atoms with van der Waals surface area (Å²) >= 11 is 0. The average molecular weight is 298 g/mol. The Balaban J connectivity index is 1.93. The first-order valence-corrected chi connectivity index (χ1v) is 8.64. The van der Waals surface area contributed by atoms with Gasteiger partial charge in [0.1, 0.15) is 5.82 Å². The van der Waals surface area contributed by atoms with E-state index in [9.17, 15) is 12.8 Å². The second-order valence-electron chi connectivity index (χ2n) is 5.93. The zero-order valence-corrected chi connectivity index (χ0v) is 12.6. The van der Waals surface area contributed by atoms with Gasteiger partial charge >= 0.3 is 0 Å². The predicted octanol–water partition coefficient (Wildman–Crippen LogP) is 1.57. The lowest BCUT2D eigenvalue weighted by Crippen LogP contribution is -2.46. The summed E-state index contributed by atoms with van der Waals surface area (Å²) in [7, 11) is -1.22. The maximum Gasteiger partial charge on any atom is 0.211 e. The molecule has 1 fully saturated rings. The van der Waals surface area contributed by atoms with Crippen LogP contribution in [0, 0.1) is 5.82 Å². The normalized spacial score (nSPS) is 22.2. The fraction of sp³-hybridized carbons (Fsp3) is 0.571. The number of nitrogens with zero attached hydrogens (tertiary/aromatic N) is 2. The molecule has 0 amide bonds. The third-order valence-corrected chi connectivity index (χ3v) is 5.93. The van der Waals surface area contributed by atoms with Crippen molar-refractivity contribution in [3.63, 3.8) is 0 Å². The Morgan fingerprint density at radius 3 is 2.50 bits per heavy atom.